The molecule has 2 saturated heterocycles. The van der Waals surface area contributed by atoms with Crippen molar-refractivity contribution in [1.29, 1.82) is 0 Å². The van der Waals surface area contributed by atoms with Gasteiger partial charge in [0.2, 0.25) is 0 Å². The molecule has 2 aliphatic rings. The van der Waals surface area contributed by atoms with Crippen molar-refractivity contribution in [3.8, 4) is 0 Å². The normalized spacial score (nSPS) is 21.2. The first-order valence-electron chi connectivity index (χ1n) is 11.8. The van der Waals surface area contributed by atoms with Gasteiger partial charge in [-0.15, -0.1) is 24.0 Å². The summed E-state index contributed by atoms with van der Waals surface area (Å²) in [5.74, 6) is 1.89. The molecule has 0 saturated carbocycles. The van der Waals surface area contributed by atoms with Crippen LogP contribution in [-0.4, -0.2) is 55.8 Å². The first-order valence-corrected chi connectivity index (χ1v) is 11.8. The molecule has 6 nitrogen and oxygen atoms in total. The zero-order chi connectivity index (χ0) is 21.3. The molecule has 2 aliphatic heterocycles. The fourth-order valence-corrected chi connectivity index (χ4v) is 4.46. The minimum atomic E-state index is 0. The molecule has 7 heteroatoms. The van der Waals surface area contributed by atoms with E-state index in [1.54, 1.807) is 6.26 Å². The number of furan rings is 1. The summed E-state index contributed by atoms with van der Waals surface area (Å²) in [6, 6.07) is 15.7. The lowest BCUT2D eigenvalue weighted by Gasteiger charge is -2.37. The van der Waals surface area contributed by atoms with Gasteiger partial charge >= 0.3 is 0 Å². The third kappa shape index (κ3) is 7.49. The zero-order valence-corrected chi connectivity index (χ0v) is 21.4. The summed E-state index contributed by atoms with van der Waals surface area (Å²) < 4.78 is 11.2. The highest BCUT2D eigenvalue weighted by Crippen LogP contribution is 2.24. The summed E-state index contributed by atoms with van der Waals surface area (Å²) >= 11 is 0. The van der Waals surface area contributed by atoms with Gasteiger partial charge in [0.25, 0.3) is 0 Å². The molecule has 2 fully saturated rings. The molecule has 2 unspecified atom stereocenters. The number of piperidine rings is 1. The minimum absolute atomic E-state index is 0. The van der Waals surface area contributed by atoms with Gasteiger partial charge in [0, 0.05) is 44.7 Å². The molecule has 0 aliphatic carbocycles. The number of benzene rings is 1. The second-order valence-corrected chi connectivity index (χ2v) is 8.62. The number of hydrogen-bond acceptors (Lipinski definition) is 4. The number of guanidine groups is 1. The van der Waals surface area contributed by atoms with Crippen molar-refractivity contribution in [1.82, 2.24) is 15.5 Å². The molecule has 32 heavy (non-hydrogen) atoms. The van der Waals surface area contributed by atoms with Crippen molar-refractivity contribution in [3.63, 3.8) is 0 Å². The van der Waals surface area contributed by atoms with Crippen LogP contribution in [-0.2, 0) is 11.2 Å². The maximum atomic E-state index is 5.75. The van der Waals surface area contributed by atoms with E-state index in [4.69, 9.17) is 14.1 Å². The number of nitrogens with one attached hydrogen (secondary N) is 2. The first kappa shape index (κ1) is 25.1. The highest BCUT2D eigenvalue weighted by atomic mass is 127. The van der Waals surface area contributed by atoms with Crippen molar-refractivity contribution in [2.24, 2.45) is 4.99 Å². The maximum Gasteiger partial charge on any atom is 0.191 e. The molecule has 1 aromatic carbocycles. The molecule has 0 amide bonds. The molecule has 2 atom stereocenters. The summed E-state index contributed by atoms with van der Waals surface area (Å²) in [6.45, 7) is 6.90. The van der Waals surface area contributed by atoms with Gasteiger partial charge in [0.05, 0.1) is 18.9 Å². The molecule has 176 valence electrons. The SMILES string of the molecule is CC(c1ccccc1)N1CCC(NC(=NCC2CCCO2)NCCc2ccco2)CC1.I. The lowest BCUT2D eigenvalue weighted by atomic mass is 10.0. The largest absolute Gasteiger partial charge is 0.469 e. The Morgan fingerprint density at radius 1 is 1.12 bits per heavy atom. The van der Waals surface area contributed by atoms with E-state index in [-0.39, 0.29) is 30.1 Å². The third-order valence-corrected chi connectivity index (χ3v) is 6.42. The number of ether oxygens (including phenoxy) is 1. The molecule has 4 rings (SSSR count). The van der Waals surface area contributed by atoms with E-state index in [1.807, 2.05) is 12.1 Å². The molecule has 0 radical (unpaired) electrons. The van der Waals surface area contributed by atoms with E-state index in [2.05, 4.69) is 52.8 Å². The van der Waals surface area contributed by atoms with Crippen LogP contribution >= 0.6 is 24.0 Å². The van der Waals surface area contributed by atoms with Crippen LogP contribution < -0.4 is 10.6 Å². The van der Waals surface area contributed by atoms with E-state index < -0.39 is 0 Å². The van der Waals surface area contributed by atoms with E-state index in [9.17, 15) is 0 Å². The number of hydrogen-bond donors (Lipinski definition) is 2. The summed E-state index contributed by atoms with van der Waals surface area (Å²) in [5.41, 5.74) is 1.40. The molecule has 0 spiro atoms. The van der Waals surface area contributed by atoms with Gasteiger partial charge in [0.15, 0.2) is 5.96 Å². The molecule has 3 heterocycles. The van der Waals surface area contributed by atoms with Crippen molar-refractivity contribution >= 4 is 29.9 Å². The van der Waals surface area contributed by atoms with Crippen LogP contribution in [0.5, 0.6) is 0 Å². The molecular weight excluding hydrogens is 515 g/mol. The van der Waals surface area contributed by atoms with Crippen LogP contribution in [0.1, 0.15) is 50.0 Å². The number of nitrogens with zero attached hydrogens (tertiary/aromatic N) is 2. The van der Waals surface area contributed by atoms with Crippen LogP contribution in [0.4, 0.5) is 0 Å². The van der Waals surface area contributed by atoms with Gasteiger partial charge < -0.3 is 19.8 Å². The minimum Gasteiger partial charge on any atom is -0.469 e. The second kappa shape index (κ2) is 13.2. The van der Waals surface area contributed by atoms with Crippen LogP contribution in [0.3, 0.4) is 0 Å². The maximum absolute atomic E-state index is 5.75. The topological polar surface area (TPSA) is 62.0 Å². The monoisotopic (exact) mass is 552 g/mol. The van der Waals surface area contributed by atoms with E-state index in [0.717, 1.165) is 76.6 Å². The lowest BCUT2D eigenvalue weighted by molar-refractivity contribution is 0.117. The van der Waals surface area contributed by atoms with Crippen LogP contribution in [0.25, 0.3) is 0 Å². The van der Waals surface area contributed by atoms with Gasteiger partial charge in [-0.1, -0.05) is 30.3 Å². The van der Waals surface area contributed by atoms with Crippen LogP contribution in [0.2, 0.25) is 0 Å². The Kier molecular flexibility index (Phi) is 10.3. The molecule has 2 N–H and O–H groups in total. The standard InChI is InChI=1S/C25H36N4O2.HI/c1-20(21-7-3-2-4-8-21)29-15-12-22(13-16-29)28-25(27-19-24-10-6-18-31-24)26-14-11-23-9-5-17-30-23;/h2-5,7-9,17,20,22,24H,6,10-16,18-19H2,1H3,(H2,26,27,28);1H. The fraction of sp³-hybridized carbons (Fsp3) is 0.560. The quantitative estimate of drug-likeness (QED) is 0.289. The van der Waals surface area contributed by atoms with Gasteiger partial charge in [-0.25, -0.2) is 0 Å². The van der Waals surface area contributed by atoms with Gasteiger partial charge in [-0.05, 0) is 50.3 Å². The van der Waals surface area contributed by atoms with Crippen molar-refractivity contribution in [3.05, 3.63) is 60.1 Å². The van der Waals surface area contributed by atoms with E-state index in [0.29, 0.717) is 12.1 Å². The van der Waals surface area contributed by atoms with Crippen LogP contribution in [0.15, 0.2) is 58.1 Å². The Bertz CT molecular complexity index is 786. The van der Waals surface area contributed by atoms with E-state index >= 15 is 0 Å². The Labute approximate surface area is 209 Å². The van der Waals surface area contributed by atoms with Crippen molar-refractivity contribution in [2.45, 2.75) is 57.2 Å². The average Bonchev–Trinajstić information content (AvgIpc) is 3.52. The Balaban J connectivity index is 0.00000289. The molecule has 1 aromatic heterocycles. The Morgan fingerprint density at radius 2 is 1.94 bits per heavy atom. The smallest absolute Gasteiger partial charge is 0.191 e. The predicted molar refractivity (Wildman–Crippen MR) is 140 cm³/mol. The van der Waals surface area contributed by atoms with Crippen molar-refractivity contribution < 1.29 is 9.15 Å². The van der Waals surface area contributed by atoms with Crippen LogP contribution in [0, 0.1) is 0 Å². The summed E-state index contributed by atoms with van der Waals surface area (Å²) in [7, 11) is 0. The summed E-state index contributed by atoms with van der Waals surface area (Å²) in [6.07, 6.45) is 7.33. The van der Waals surface area contributed by atoms with Gasteiger partial charge in [0.1, 0.15) is 5.76 Å². The Morgan fingerprint density at radius 3 is 2.62 bits per heavy atom. The fourth-order valence-electron chi connectivity index (χ4n) is 4.46. The lowest BCUT2D eigenvalue weighted by Crippen LogP contribution is -2.49. The summed E-state index contributed by atoms with van der Waals surface area (Å²) in [5, 5.41) is 7.18. The highest BCUT2D eigenvalue weighted by molar-refractivity contribution is 14.0. The summed E-state index contributed by atoms with van der Waals surface area (Å²) in [4.78, 5) is 7.43. The molecule has 0 bridgehead atoms. The molecular formula is C25H37IN4O2. The van der Waals surface area contributed by atoms with Gasteiger partial charge in [-0.3, -0.25) is 9.89 Å². The average molecular weight is 553 g/mol. The molecule has 2 aromatic rings. The zero-order valence-electron chi connectivity index (χ0n) is 19.0. The first-order chi connectivity index (χ1) is 15.3. The van der Waals surface area contributed by atoms with E-state index in [1.165, 1.54) is 5.56 Å². The number of aliphatic imine (C=N–C) groups is 1. The number of likely N-dealkylation sites (tertiary alicyclic amines) is 1. The number of rotatable bonds is 8. The highest BCUT2D eigenvalue weighted by Gasteiger charge is 2.24. The predicted octanol–water partition coefficient (Wildman–Crippen LogP) is 4.38. The Hall–Kier alpha value is -1.58. The van der Waals surface area contributed by atoms with Crippen molar-refractivity contribution in [2.75, 3.05) is 32.8 Å². The third-order valence-electron chi connectivity index (χ3n) is 6.42. The van der Waals surface area contributed by atoms with Gasteiger partial charge in [-0.2, -0.15) is 0 Å². The second-order valence-electron chi connectivity index (χ2n) is 8.62. The number of halogens is 1.